The molecule has 0 aromatic heterocycles. The van der Waals surface area contributed by atoms with Gasteiger partial charge in [-0.2, -0.15) is 0 Å². The van der Waals surface area contributed by atoms with Crippen LogP contribution >= 0.6 is 0 Å². The number of anilines is 2. The SMILES string of the molecule is Cc1ccc(S(=O)(=O)Nc2ccc(N[C]=O)cc2)cc1. The Morgan fingerprint density at radius 2 is 1.45 bits per heavy atom. The Morgan fingerprint density at radius 3 is 2.00 bits per heavy atom. The molecule has 0 fully saturated rings. The predicted octanol–water partition coefficient (Wildman–Crippen LogP) is 2.27. The largest absolute Gasteiger partial charge is 0.318 e. The average Bonchev–Trinajstić information content (AvgIpc) is 2.41. The van der Waals surface area contributed by atoms with Crippen LogP contribution in [0.3, 0.4) is 0 Å². The van der Waals surface area contributed by atoms with Crippen molar-refractivity contribution in [2.45, 2.75) is 11.8 Å². The predicted molar refractivity (Wildman–Crippen MR) is 77.7 cm³/mol. The maximum absolute atomic E-state index is 12.1. The third kappa shape index (κ3) is 3.36. The van der Waals surface area contributed by atoms with Crippen molar-refractivity contribution in [1.82, 2.24) is 0 Å². The van der Waals surface area contributed by atoms with Gasteiger partial charge in [0.2, 0.25) is 0 Å². The number of carbonyl (C=O) groups excluding carboxylic acids is 1. The van der Waals surface area contributed by atoms with E-state index in [1.807, 2.05) is 6.92 Å². The van der Waals surface area contributed by atoms with Gasteiger partial charge in [0, 0.05) is 11.4 Å². The van der Waals surface area contributed by atoms with E-state index in [1.54, 1.807) is 54.9 Å². The highest BCUT2D eigenvalue weighted by atomic mass is 32.2. The summed E-state index contributed by atoms with van der Waals surface area (Å²) in [5, 5.41) is 2.35. The molecule has 0 spiro atoms. The monoisotopic (exact) mass is 289 g/mol. The maximum atomic E-state index is 12.1. The second-order valence-electron chi connectivity index (χ2n) is 4.22. The van der Waals surface area contributed by atoms with Crippen molar-refractivity contribution in [3.05, 3.63) is 54.1 Å². The summed E-state index contributed by atoms with van der Waals surface area (Å²) in [6.07, 6.45) is 1.54. The quantitative estimate of drug-likeness (QED) is 0.829. The third-order valence-electron chi connectivity index (χ3n) is 2.66. The minimum absolute atomic E-state index is 0.200. The highest BCUT2D eigenvalue weighted by Crippen LogP contribution is 2.18. The lowest BCUT2D eigenvalue weighted by molar-refractivity contribution is 0.561. The van der Waals surface area contributed by atoms with E-state index in [1.165, 1.54) is 0 Å². The van der Waals surface area contributed by atoms with E-state index >= 15 is 0 Å². The minimum Gasteiger partial charge on any atom is -0.318 e. The fourth-order valence-electron chi connectivity index (χ4n) is 1.61. The van der Waals surface area contributed by atoms with E-state index in [-0.39, 0.29) is 4.90 Å². The van der Waals surface area contributed by atoms with E-state index in [0.717, 1.165) is 5.56 Å². The Kier molecular flexibility index (Phi) is 4.05. The van der Waals surface area contributed by atoms with E-state index in [9.17, 15) is 13.2 Å². The van der Waals surface area contributed by atoms with E-state index < -0.39 is 10.0 Å². The summed E-state index contributed by atoms with van der Waals surface area (Å²) in [6, 6.07) is 12.9. The molecule has 1 amide bonds. The summed E-state index contributed by atoms with van der Waals surface area (Å²) < 4.78 is 26.7. The molecule has 0 saturated heterocycles. The fraction of sp³-hybridized carbons (Fsp3) is 0.0714. The molecule has 0 heterocycles. The molecule has 2 aromatic rings. The number of aryl methyl sites for hydroxylation is 1. The lowest BCUT2D eigenvalue weighted by Gasteiger charge is -2.08. The molecule has 1 radical (unpaired) electrons. The summed E-state index contributed by atoms with van der Waals surface area (Å²) in [5.74, 6) is 0. The van der Waals surface area contributed by atoms with Gasteiger partial charge in [0.15, 0.2) is 0 Å². The van der Waals surface area contributed by atoms with Gasteiger partial charge in [-0.15, -0.1) is 0 Å². The Hall–Kier alpha value is -2.34. The van der Waals surface area contributed by atoms with Gasteiger partial charge in [0.1, 0.15) is 0 Å². The summed E-state index contributed by atoms with van der Waals surface area (Å²) in [6.45, 7) is 1.89. The van der Waals surface area contributed by atoms with Gasteiger partial charge in [-0.25, -0.2) is 8.42 Å². The van der Waals surface area contributed by atoms with E-state index in [2.05, 4.69) is 10.0 Å². The number of hydrogen-bond donors (Lipinski definition) is 2. The van der Waals surface area contributed by atoms with Gasteiger partial charge in [-0.05, 0) is 43.3 Å². The molecule has 0 bridgehead atoms. The second-order valence-corrected chi connectivity index (χ2v) is 5.91. The van der Waals surface area contributed by atoms with Crippen molar-refractivity contribution >= 4 is 27.8 Å². The summed E-state index contributed by atoms with van der Waals surface area (Å²) in [5.41, 5.74) is 1.95. The zero-order chi connectivity index (χ0) is 14.6. The smallest absolute Gasteiger partial charge is 0.314 e. The molecule has 2 aromatic carbocycles. The molecule has 2 rings (SSSR count). The van der Waals surface area contributed by atoms with Crippen LogP contribution in [0, 0.1) is 6.92 Å². The van der Waals surface area contributed by atoms with Crippen LogP contribution in [0.2, 0.25) is 0 Å². The van der Waals surface area contributed by atoms with Gasteiger partial charge < -0.3 is 5.32 Å². The van der Waals surface area contributed by atoms with Crippen molar-refractivity contribution in [2.75, 3.05) is 10.0 Å². The van der Waals surface area contributed by atoms with Crippen LogP contribution in [0.25, 0.3) is 0 Å². The first-order valence-corrected chi connectivity index (χ1v) is 7.32. The van der Waals surface area contributed by atoms with Crippen LogP contribution in [-0.4, -0.2) is 14.8 Å². The summed E-state index contributed by atoms with van der Waals surface area (Å²) in [7, 11) is -3.60. The van der Waals surface area contributed by atoms with Gasteiger partial charge in [0.25, 0.3) is 10.0 Å². The number of sulfonamides is 1. The Bertz CT molecular complexity index is 692. The zero-order valence-corrected chi connectivity index (χ0v) is 11.6. The first-order chi connectivity index (χ1) is 9.51. The third-order valence-corrected chi connectivity index (χ3v) is 4.06. The molecule has 20 heavy (non-hydrogen) atoms. The van der Waals surface area contributed by atoms with Crippen LogP contribution in [0.1, 0.15) is 5.56 Å². The molecular weight excluding hydrogens is 276 g/mol. The maximum Gasteiger partial charge on any atom is 0.314 e. The first kappa shape index (κ1) is 14.1. The molecule has 0 atom stereocenters. The Labute approximate surface area is 117 Å². The molecule has 5 nitrogen and oxygen atoms in total. The normalized spacial score (nSPS) is 10.8. The number of hydrogen-bond acceptors (Lipinski definition) is 3. The van der Waals surface area contributed by atoms with Gasteiger partial charge >= 0.3 is 6.41 Å². The molecule has 6 heteroatoms. The highest BCUT2D eigenvalue weighted by molar-refractivity contribution is 7.92. The molecule has 2 N–H and O–H groups in total. The van der Waals surface area contributed by atoms with Gasteiger partial charge in [-0.3, -0.25) is 9.52 Å². The van der Waals surface area contributed by atoms with Crippen molar-refractivity contribution in [3.63, 3.8) is 0 Å². The fourth-order valence-corrected chi connectivity index (χ4v) is 2.67. The molecule has 0 unspecified atom stereocenters. The second kappa shape index (κ2) is 5.75. The molecule has 0 aliphatic rings. The topological polar surface area (TPSA) is 75.3 Å². The minimum atomic E-state index is -3.60. The highest BCUT2D eigenvalue weighted by Gasteiger charge is 2.13. The van der Waals surface area contributed by atoms with Crippen molar-refractivity contribution in [3.8, 4) is 0 Å². The van der Waals surface area contributed by atoms with Crippen LogP contribution in [-0.2, 0) is 14.8 Å². The van der Waals surface area contributed by atoms with Gasteiger partial charge in [0.05, 0.1) is 4.90 Å². The van der Waals surface area contributed by atoms with E-state index in [4.69, 9.17) is 0 Å². The van der Waals surface area contributed by atoms with Crippen molar-refractivity contribution < 1.29 is 13.2 Å². The van der Waals surface area contributed by atoms with Crippen LogP contribution < -0.4 is 10.0 Å². The zero-order valence-electron chi connectivity index (χ0n) is 10.8. The van der Waals surface area contributed by atoms with Gasteiger partial charge in [-0.1, -0.05) is 17.7 Å². The Balaban J connectivity index is 2.19. The summed E-state index contributed by atoms with van der Waals surface area (Å²) >= 11 is 0. The molecule has 0 aliphatic heterocycles. The average molecular weight is 289 g/mol. The van der Waals surface area contributed by atoms with Crippen molar-refractivity contribution in [1.29, 1.82) is 0 Å². The molecule has 0 saturated carbocycles. The lowest BCUT2D eigenvalue weighted by Crippen LogP contribution is -2.12. The van der Waals surface area contributed by atoms with Crippen LogP contribution in [0.5, 0.6) is 0 Å². The van der Waals surface area contributed by atoms with Crippen LogP contribution in [0.15, 0.2) is 53.4 Å². The number of benzene rings is 2. The number of amides is 1. The number of nitrogens with one attached hydrogen (secondary N) is 2. The summed E-state index contributed by atoms with van der Waals surface area (Å²) in [4.78, 5) is 10.4. The first-order valence-electron chi connectivity index (χ1n) is 5.84. The van der Waals surface area contributed by atoms with Crippen molar-refractivity contribution in [2.24, 2.45) is 0 Å². The standard InChI is InChI=1S/C14H13N2O3S/c1-11-2-8-14(9-3-11)20(18,19)16-13-6-4-12(5-7-13)15-10-17/h2-9,16H,1H3,(H,15,17). The molecule has 0 aliphatic carbocycles. The molecular formula is C14H13N2O3S. The lowest BCUT2D eigenvalue weighted by atomic mass is 10.2. The Morgan fingerprint density at radius 1 is 0.900 bits per heavy atom. The molecule has 103 valence electrons. The van der Waals surface area contributed by atoms with E-state index in [0.29, 0.717) is 11.4 Å². The number of rotatable bonds is 5. The van der Waals surface area contributed by atoms with Crippen LogP contribution in [0.4, 0.5) is 11.4 Å².